The van der Waals surface area contributed by atoms with Gasteiger partial charge in [0.15, 0.2) is 0 Å². The molecule has 1 aliphatic rings. The van der Waals surface area contributed by atoms with E-state index < -0.39 is 0 Å². The van der Waals surface area contributed by atoms with Gasteiger partial charge in [0.25, 0.3) is 0 Å². The number of nitrogens with zero attached hydrogens (tertiary/aromatic N) is 1. The van der Waals surface area contributed by atoms with E-state index in [1.54, 1.807) is 0 Å². The lowest BCUT2D eigenvalue weighted by Gasteiger charge is -2.32. The molecule has 0 bridgehead atoms. The van der Waals surface area contributed by atoms with Crippen LogP contribution in [0.3, 0.4) is 0 Å². The zero-order valence-corrected chi connectivity index (χ0v) is 13.7. The van der Waals surface area contributed by atoms with Crippen LogP contribution in [0.25, 0.3) is 0 Å². The average Bonchev–Trinajstić information content (AvgIpc) is 3.02. The third-order valence-corrected chi connectivity index (χ3v) is 4.29. The van der Waals surface area contributed by atoms with E-state index in [9.17, 15) is 9.59 Å². The highest BCUT2D eigenvalue weighted by Gasteiger charge is 2.31. The van der Waals surface area contributed by atoms with Crippen molar-refractivity contribution < 1.29 is 14.3 Å². The number of methoxy groups -OCH3 is 1. The monoisotopic (exact) mass is 298 g/mol. The SMILES string of the molecule is CCCCCNC(=O)C(C)N(CC(=O)OC)C1CCCC1. The maximum atomic E-state index is 12.3. The van der Waals surface area contributed by atoms with Gasteiger partial charge >= 0.3 is 5.97 Å². The van der Waals surface area contributed by atoms with Gasteiger partial charge in [0, 0.05) is 12.6 Å². The van der Waals surface area contributed by atoms with Gasteiger partial charge in [0.1, 0.15) is 0 Å². The Morgan fingerprint density at radius 1 is 1.29 bits per heavy atom. The fourth-order valence-corrected chi connectivity index (χ4v) is 2.92. The number of hydrogen-bond acceptors (Lipinski definition) is 4. The molecule has 1 aliphatic carbocycles. The second-order valence-corrected chi connectivity index (χ2v) is 5.86. The first-order valence-corrected chi connectivity index (χ1v) is 8.20. The standard InChI is InChI=1S/C16H30N2O3/c1-4-5-8-11-17-16(20)13(2)18(12-15(19)21-3)14-9-6-7-10-14/h13-14H,4-12H2,1-3H3,(H,17,20). The minimum absolute atomic E-state index is 0.0157. The highest BCUT2D eigenvalue weighted by molar-refractivity contribution is 5.82. The van der Waals surface area contributed by atoms with Gasteiger partial charge in [-0.1, -0.05) is 32.6 Å². The third kappa shape index (κ3) is 6.04. The highest BCUT2D eigenvalue weighted by Crippen LogP contribution is 2.25. The van der Waals surface area contributed by atoms with Crippen molar-refractivity contribution in [2.45, 2.75) is 70.9 Å². The predicted octanol–water partition coefficient (Wildman–Crippen LogP) is 2.10. The molecule has 1 atom stereocenters. The third-order valence-electron chi connectivity index (χ3n) is 4.29. The molecule has 1 amide bonds. The van der Waals surface area contributed by atoms with Crippen molar-refractivity contribution >= 4 is 11.9 Å². The van der Waals surface area contributed by atoms with E-state index in [0.717, 1.165) is 32.1 Å². The number of ether oxygens (including phenoxy) is 1. The fraction of sp³-hybridized carbons (Fsp3) is 0.875. The van der Waals surface area contributed by atoms with Gasteiger partial charge in [-0.15, -0.1) is 0 Å². The lowest BCUT2D eigenvalue weighted by atomic mass is 10.1. The van der Waals surface area contributed by atoms with E-state index in [-0.39, 0.29) is 24.5 Å². The average molecular weight is 298 g/mol. The van der Waals surface area contributed by atoms with Crippen molar-refractivity contribution in [2.24, 2.45) is 0 Å². The normalized spacial score (nSPS) is 17.0. The van der Waals surface area contributed by atoms with Crippen LogP contribution in [0.1, 0.15) is 58.8 Å². The van der Waals surface area contributed by atoms with Gasteiger partial charge in [0.2, 0.25) is 5.91 Å². The zero-order valence-electron chi connectivity index (χ0n) is 13.7. The van der Waals surface area contributed by atoms with Crippen LogP contribution in [0.15, 0.2) is 0 Å². The minimum Gasteiger partial charge on any atom is -0.468 e. The summed E-state index contributed by atoms with van der Waals surface area (Å²) in [5.41, 5.74) is 0. The van der Waals surface area contributed by atoms with E-state index in [1.807, 2.05) is 11.8 Å². The van der Waals surface area contributed by atoms with E-state index in [4.69, 9.17) is 4.74 Å². The topological polar surface area (TPSA) is 58.6 Å². The van der Waals surface area contributed by atoms with Crippen molar-refractivity contribution in [1.29, 1.82) is 0 Å². The van der Waals surface area contributed by atoms with Crippen molar-refractivity contribution in [3.63, 3.8) is 0 Å². The van der Waals surface area contributed by atoms with Crippen LogP contribution in [0.5, 0.6) is 0 Å². The molecule has 0 saturated heterocycles. The lowest BCUT2D eigenvalue weighted by molar-refractivity contribution is -0.144. The van der Waals surface area contributed by atoms with Gasteiger partial charge < -0.3 is 10.1 Å². The van der Waals surface area contributed by atoms with Gasteiger partial charge in [-0.2, -0.15) is 0 Å². The van der Waals surface area contributed by atoms with Crippen LogP contribution in [0.2, 0.25) is 0 Å². The van der Waals surface area contributed by atoms with E-state index >= 15 is 0 Å². The molecule has 0 aromatic rings. The van der Waals surface area contributed by atoms with Crippen molar-refractivity contribution in [2.75, 3.05) is 20.2 Å². The Hall–Kier alpha value is -1.10. The highest BCUT2D eigenvalue weighted by atomic mass is 16.5. The molecule has 0 aromatic heterocycles. The number of carbonyl (C=O) groups is 2. The first-order chi connectivity index (χ1) is 10.1. The Morgan fingerprint density at radius 2 is 1.95 bits per heavy atom. The van der Waals surface area contributed by atoms with Crippen LogP contribution in [-0.4, -0.2) is 49.1 Å². The summed E-state index contributed by atoms with van der Waals surface area (Å²) < 4.78 is 4.77. The van der Waals surface area contributed by atoms with Crippen LogP contribution in [-0.2, 0) is 14.3 Å². The van der Waals surface area contributed by atoms with Gasteiger partial charge in [-0.05, 0) is 26.2 Å². The molecule has 1 N–H and O–H groups in total. The van der Waals surface area contributed by atoms with E-state index in [1.165, 1.54) is 20.0 Å². The molecule has 0 aliphatic heterocycles. The second-order valence-electron chi connectivity index (χ2n) is 5.86. The van der Waals surface area contributed by atoms with Crippen molar-refractivity contribution in [1.82, 2.24) is 10.2 Å². The predicted molar refractivity (Wildman–Crippen MR) is 83.0 cm³/mol. The number of nitrogens with one attached hydrogen (secondary N) is 1. The Bertz CT molecular complexity index is 327. The summed E-state index contributed by atoms with van der Waals surface area (Å²) in [4.78, 5) is 25.9. The molecule has 0 aromatic carbocycles. The van der Waals surface area contributed by atoms with Crippen LogP contribution in [0, 0.1) is 0 Å². The summed E-state index contributed by atoms with van der Waals surface area (Å²) in [6.07, 6.45) is 7.75. The largest absolute Gasteiger partial charge is 0.468 e. The first-order valence-electron chi connectivity index (χ1n) is 8.20. The summed E-state index contributed by atoms with van der Waals surface area (Å²) in [7, 11) is 1.39. The Kier molecular flexibility index (Phi) is 8.35. The smallest absolute Gasteiger partial charge is 0.319 e. The van der Waals surface area contributed by atoms with Crippen molar-refractivity contribution in [3.8, 4) is 0 Å². The number of hydrogen-bond donors (Lipinski definition) is 1. The molecule has 5 nitrogen and oxygen atoms in total. The first kappa shape index (κ1) is 18.0. The second kappa shape index (κ2) is 9.77. The van der Waals surface area contributed by atoms with Gasteiger partial charge in [-0.3, -0.25) is 14.5 Å². The number of rotatable bonds is 9. The van der Waals surface area contributed by atoms with Crippen molar-refractivity contribution in [3.05, 3.63) is 0 Å². The summed E-state index contributed by atoms with van der Waals surface area (Å²) >= 11 is 0. The Morgan fingerprint density at radius 3 is 2.52 bits per heavy atom. The van der Waals surface area contributed by atoms with Gasteiger partial charge in [-0.25, -0.2) is 0 Å². The van der Waals surface area contributed by atoms with E-state index in [2.05, 4.69) is 12.2 Å². The number of carbonyl (C=O) groups excluding carboxylic acids is 2. The summed E-state index contributed by atoms with van der Waals surface area (Å²) in [5.74, 6) is -0.255. The fourth-order valence-electron chi connectivity index (χ4n) is 2.92. The molecule has 1 unspecified atom stereocenters. The Balaban J connectivity index is 2.54. The van der Waals surface area contributed by atoms with Crippen LogP contribution in [0.4, 0.5) is 0 Å². The van der Waals surface area contributed by atoms with Gasteiger partial charge in [0.05, 0.1) is 19.7 Å². The molecule has 0 spiro atoms. The molecule has 1 rings (SSSR count). The zero-order chi connectivity index (χ0) is 15.7. The lowest BCUT2D eigenvalue weighted by Crippen LogP contribution is -2.51. The molecule has 122 valence electrons. The maximum absolute atomic E-state index is 12.3. The summed E-state index contributed by atoms with van der Waals surface area (Å²) in [6, 6.07) is 0.0364. The summed E-state index contributed by atoms with van der Waals surface area (Å²) in [5, 5.41) is 2.98. The Labute approximate surface area is 128 Å². The quantitative estimate of drug-likeness (QED) is 0.523. The maximum Gasteiger partial charge on any atom is 0.319 e. The number of amides is 1. The number of esters is 1. The molecule has 5 heteroatoms. The molecule has 0 heterocycles. The minimum atomic E-state index is -0.283. The molecular formula is C16H30N2O3. The molecule has 21 heavy (non-hydrogen) atoms. The molecular weight excluding hydrogens is 268 g/mol. The van der Waals surface area contributed by atoms with Crippen LogP contribution >= 0.6 is 0 Å². The molecule has 1 fully saturated rings. The summed E-state index contributed by atoms with van der Waals surface area (Å²) in [6.45, 7) is 4.94. The number of unbranched alkanes of at least 4 members (excludes halogenated alkanes) is 2. The van der Waals surface area contributed by atoms with E-state index in [0.29, 0.717) is 12.6 Å². The molecule has 0 radical (unpaired) electrons. The molecule has 1 saturated carbocycles. The van der Waals surface area contributed by atoms with Crippen LogP contribution < -0.4 is 5.32 Å².